The van der Waals surface area contributed by atoms with Crippen LogP contribution in [0.3, 0.4) is 0 Å². The Morgan fingerprint density at radius 1 is 0.963 bits per heavy atom. The molecule has 0 heterocycles. The Bertz CT molecular complexity index is 849. The standard InChI is InChI=1S/C22H28O4S/c1-3-21(17-26-27(24,25)20-11-9-18(2)10-12-20)13-15-22(23,16-14-21)19-7-5-4-6-8-19/h4-12,23H,3,13-17H2,1-2H3. The van der Waals surface area contributed by atoms with E-state index in [0.717, 1.165) is 30.4 Å². The fourth-order valence-corrected chi connectivity index (χ4v) is 4.82. The highest BCUT2D eigenvalue weighted by Crippen LogP contribution is 2.47. The third-order valence-corrected chi connectivity index (χ3v) is 7.31. The molecule has 0 bridgehead atoms. The molecule has 0 aliphatic heterocycles. The Morgan fingerprint density at radius 3 is 2.11 bits per heavy atom. The van der Waals surface area contributed by atoms with Crippen LogP contribution in [0.25, 0.3) is 0 Å². The van der Waals surface area contributed by atoms with E-state index < -0.39 is 15.7 Å². The second-order valence-corrected chi connectivity index (χ2v) is 9.40. The minimum absolute atomic E-state index is 0.157. The highest BCUT2D eigenvalue weighted by atomic mass is 32.2. The van der Waals surface area contributed by atoms with Crippen LogP contribution < -0.4 is 0 Å². The highest BCUT2D eigenvalue weighted by molar-refractivity contribution is 7.86. The lowest BCUT2D eigenvalue weighted by Crippen LogP contribution is -2.39. The van der Waals surface area contributed by atoms with Crippen molar-refractivity contribution in [2.75, 3.05) is 6.61 Å². The zero-order valence-corrected chi connectivity index (χ0v) is 16.8. The van der Waals surface area contributed by atoms with Gasteiger partial charge in [0.2, 0.25) is 0 Å². The predicted octanol–water partition coefficient (Wildman–Crippen LogP) is 4.56. The monoisotopic (exact) mass is 388 g/mol. The Kier molecular flexibility index (Phi) is 5.75. The number of hydrogen-bond acceptors (Lipinski definition) is 4. The number of aliphatic hydroxyl groups is 1. The summed E-state index contributed by atoms with van der Waals surface area (Å²) in [5.74, 6) is 0. The van der Waals surface area contributed by atoms with Crippen LogP contribution in [0.15, 0.2) is 59.5 Å². The average Bonchev–Trinajstić information content (AvgIpc) is 2.69. The molecule has 0 aromatic heterocycles. The highest BCUT2D eigenvalue weighted by Gasteiger charge is 2.42. The van der Waals surface area contributed by atoms with Gasteiger partial charge in [-0.15, -0.1) is 0 Å². The van der Waals surface area contributed by atoms with Crippen LogP contribution in [-0.2, 0) is 19.9 Å². The summed E-state index contributed by atoms with van der Waals surface area (Å²) in [5.41, 5.74) is 0.878. The Morgan fingerprint density at radius 2 is 1.56 bits per heavy atom. The van der Waals surface area contributed by atoms with Gasteiger partial charge < -0.3 is 5.11 Å². The van der Waals surface area contributed by atoms with Crippen molar-refractivity contribution in [3.8, 4) is 0 Å². The summed E-state index contributed by atoms with van der Waals surface area (Å²) in [7, 11) is -3.77. The van der Waals surface area contributed by atoms with Crippen LogP contribution in [0.5, 0.6) is 0 Å². The van der Waals surface area contributed by atoms with Crippen LogP contribution in [-0.4, -0.2) is 20.1 Å². The van der Waals surface area contributed by atoms with Crippen molar-refractivity contribution in [2.45, 2.75) is 56.4 Å². The topological polar surface area (TPSA) is 63.6 Å². The van der Waals surface area contributed by atoms with Crippen molar-refractivity contribution >= 4 is 10.1 Å². The quantitative estimate of drug-likeness (QED) is 0.737. The molecule has 1 aliphatic carbocycles. The Hall–Kier alpha value is -1.69. The first kappa shape index (κ1) is 20.1. The Labute approximate surface area is 162 Å². The number of rotatable bonds is 6. The van der Waals surface area contributed by atoms with Crippen molar-refractivity contribution in [3.05, 3.63) is 65.7 Å². The van der Waals surface area contributed by atoms with Gasteiger partial charge in [0, 0.05) is 0 Å². The third kappa shape index (κ3) is 4.42. The molecule has 146 valence electrons. The summed E-state index contributed by atoms with van der Waals surface area (Å²) >= 11 is 0. The lowest BCUT2D eigenvalue weighted by Gasteiger charge is -2.43. The van der Waals surface area contributed by atoms with Gasteiger partial charge in [-0.05, 0) is 62.1 Å². The largest absolute Gasteiger partial charge is 0.385 e. The molecule has 0 unspecified atom stereocenters. The summed E-state index contributed by atoms with van der Waals surface area (Å²) in [5, 5.41) is 11.0. The molecule has 1 N–H and O–H groups in total. The van der Waals surface area contributed by atoms with Crippen molar-refractivity contribution in [2.24, 2.45) is 5.41 Å². The van der Waals surface area contributed by atoms with Crippen molar-refractivity contribution in [3.63, 3.8) is 0 Å². The Balaban J connectivity index is 1.68. The average molecular weight is 389 g/mol. The van der Waals surface area contributed by atoms with Gasteiger partial charge in [-0.1, -0.05) is 55.0 Å². The normalized spacial score (nSPS) is 26.0. The second kappa shape index (κ2) is 7.74. The third-order valence-electron chi connectivity index (χ3n) is 6.03. The first-order valence-corrected chi connectivity index (χ1v) is 10.9. The number of aryl methyl sites for hydroxylation is 1. The van der Waals surface area contributed by atoms with Gasteiger partial charge in [-0.3, -0.25) is 4.18 Å². The second-order valence-electron chi connectivity index (χ2n) is 7.78. The van der Waals surface area contributed by atoms with Gasteiger partial charge >= 0.3 is 0 Å². The summed E-state index contributed by atoms with van der Waals surface area (Å²) in [6, 6.07) is 16.4. The molecule has 0 atom stereocenters. The predicted molar refractivity (Wildman–Crippen MR) is 106 cm³/mol. The van der Waals surface area contributed by atoms with Crippen LogP contribution in [0.1, 0.15) is 50.2 Å². The number of hydrogen-bond donors (Lipinski definition) is 1. The first-order valence-electron chi connectivity index (χ1n) is 9.53. The zero-order valence-electron chi connectivity index (χ0n) is 16.0. The van der Waals surface area contributed by atoms with Crippen molar-refractivity contribution in [1.29, 1.82) is 0 Å². The fourth-order valence-electron chi connectivity index (χ4n) is 3.81. The lowest BCUT2D eigenvalue weighted by molar-refractivity contribution is -0.0512. The smallest absolute Gasteiger partial charge is 0.296 e. The maximum atomic E-state index is 12.5. The van der Waals surface area contributed by atoms with E-state index >= 15 is 0 Å². The molecular weight excluding hydrogens is 360 g/mol. The molecule has 1 fully saturated rings. The van der Waals surface area contributed by atoms with E-state index in [-0.39, 0.29) is 16.9 Å². The summed E-state index contributed by atoms with van der Waals surface area (Å²) in [6.45, 7) is 4.14. The maximum absolute atomic E-state index is 12.5. The molecule has 2 aromatic carbocycles. The molecule has 0 spiro atoms. The summed E-state index contributed by atoms with van der Waals surface area (Å²) in [4.78, 5) is 0.191. The van der Waals surface area contributed by atoms with E-state index in [1.165, 1.54) is 0 Å². The summed E-state index contributed by atoms with van der Waals surface area (Å²) in [6.07, 6.45) is 3.51. The van der Waals surface area contributed by atoms with Gasteiger partial charge in [0.25, 0.3) is 10.1 Å². The maximum Gasteiger partial charge on any atom is 0.296 e. The molecular formula is C22H28O4S. The van der Waals surface area contributed by atoms with Crippen molar-refractivity contribution < 1.29 is 17.7 Å². The van der Waals surface area contributed by atoms with Crippen LogP contribution in [0.4, 0.5) is 0 Å². The van der Waals surface area contributed by atoms with Gasteiger partial charge in [0.1, 0.15) is 0 Å². The van der Waals surface area contributed by atoms with Crippen LogP contribution in [0, 0.1) is 12.3 Å². The van der Waals surface area contributed by atoms with Gasteiger partial charge in [-0.2, -0.15) is 8.42 Å². The molecule has 3 rings (SSSR count). The molecule has 1 aliphatic rings. The molecule has 2 aromatic rings. The van der Waals surface area contributed by atoms with E-state index in [1.54, 1.807) is 24.3 Å². The van der Waals surface area contributed by atoms with E-state index in [4.69, 9.17) is 4.18 Å². The molecule has 27 heavy (non-hydrogen) atoms. The summed E-state index contributed by atoms with van der Waals surface area (Å²) < 4.78 is 30.5. The first-order chi connectivity index (χ1) is 12.8. The zero-order chi connectivity index (χ0) is 19.5. The van der Waals surface area contributed by atoms with Gasteiger partial charge in [0.05, 0.1) is 17.1 Å². The van der Waals surface area contributed by atoms with Crippen molar-refractivity contribution in [1.82, 2.24) is 0 Å². The lowest BCUT2D eigenvalue weighted by atomic mass is 9.66. The van der Waals surface area contributed by atoms with E-state index in [2.05, 4.69) is 6.92 Å². The molecule has 0 saturated heterocycles. The van der Waals surface area contributed by atoms with E-state index in [9.17, 15) is 13.5 Å². The van der Waals surface area contributed by atoms with Crippen LogP contribution >= 0.6 is 0 Å². The van der Waals surface area contributed by atoms with Gasteiger partial charge in [-0.25, -0.2) is 0 Å². The fraction of sp³-hybridized carbons (Fsp3) is 0.455. The molecule has 1 saturated carbocycles. The minimum atomic E-state index is -3.77. The molecule has 0 amide bonds. The minimum Gasteiger partial charge on any atom is -0.385 e. The molecule has 4 nitrogen and oxygen atoms in total. The van der Waals surface area contributed by atoms with Crippen LogP contribution in [0.2, 0.25) is 0 Å². The number of benzene rings is 2. The van der Waals surface area contributed by atoms with E-state index in [1.807, 2.05) is 37.3 Å². The SMILES string of the molecule is CCC1(COS(=O)(=O)c2ccc(C)cc2)CCC(O)(c2ccccc2)CC1. The molecule has 0 radical (unpaired) electrons. The van der Waals surface area contributed by atoms with Gasteiger partial charge in [0.15, 0.2) is 0 Å². The van der Waals surface area contributed by atoms with E-state index in [0.29, 0.717) is 12.8 Å². The molecule has 5 heteroatoms.